The molecule has 1 saturated heterocycles. The highest BCUT2D eigenvalue weighted by Crippen LogP contribution is 2.22. The van der Waals surface area contributed by atoms with E-state index in [0.717, 1.165) is 19.3 Å². The number of amides is 1. The highest BCUT2D eigenvalue weighted by atomic mass is 16.6. The van der Waals surface area contributed by atoms with E-state index in [2.05, 4.69) is 6.92 Å². The van der Waals surface area contributed by atoms with Gasteiger partial charge >= 0.3 is 6.09 Å². The van der Waals surface area contributed by atoms with Gasteiger partial charge in [-0.3, -0.25) is 4.79 Å². The van der Waals surface area contributed by atoms with Crippen molar-refractivity contribution in [2.24, 2.45) is 5.92 Å². The number of rotatable bonds is 6. The second-order valence-corrected chi connectivity index (χ2v) is 6.69. The molecule has 0 aliphatic carbocycles. The highest BCUT2D eigenvalue weighted by Gasteiger charge is 2.32. The Morgan fingerprint density at radius 2 is 1.90 bits per heavy atom. The van der Waals surface area contributed by atoms with Crippen LogP contribution in [0.25, 0.3) is 0 Å². The van der Waals surface area contributed by atoms with E-state index >= 15 is 0 Å². The molecule has 1 heterocycles. The zero-order valence-corrected chi connectivity index (χ0v) is 13.4. The first kappa shape index (κ1) is 17.0. The summed E-state index contributed by atoms with van der Waals surface area (Å²) >= 11 is 0. The van der Waals surface area contributed by atoms with Gasteiger partial charge in [-0.2, -0.15) is 0 Å². The van der Waals surface area contributed by atoms with Crippen LogP contribution in [0.15, 0.2) is 0 Å². The Balaban J connectivity index is 2.31. The molecular weight excluding hydrogens is 254 g/mol. The summed E-state index contributed by atoms with van der Waals surface area (Å²) in [6.07, 6.45) is 5.64. The maximum absolute atomic E-state index is 12.1. The third kappa shape index (κ3) is 5.93. The lowest BCUT2D eigenvalue weighted by Gasteiger charge is -2.24. The van der Waals surface area contributed by atoms with E-state index in [4.69, 9.17) is 4.74 Å². The number of carbonyl (C=O) groups excluding carboxylic acids is 2. The van der Waals surface area contributed by atoms with Gasteiger partial charge in [0.25, 0.3) is 0 Å². The minimum Gasteiger partial charge on any atom is -0.444 e. The summed E-state index contributed by atoms with van der Waals surface area (Å²) in [6.45, 7) is 8.91. The Labute approximate surface area is 122 Å². The number of likely N-dealkylation sites (tertiary alicyclic amines) is 1. The molecule has 0 aromatic heterocycles. The number of ether oxygens (including phenoxy) is 1. The summed E-state index contributed by atoms with van der Waals surface area (Å²) in [5, 5.41) is 0. The maximum Gasteiger partial charge on any atom is 0.410 e. The zero-order chi connectivity index (χ0) is 15.2. The molecule has 0 spiro atoms. The van der Waals surface area contributed by atoms with Gasteiger partial charge in [-0.05, 0) is 33.6 Å². The van der Waals surface area contributed by atoms with Crippen LogP contribution in [0.3, 0.4) is 0 Å². The van der Waals surface area contributed by atoms with Gasteiger partial charge in [0.2, 0.25) is 0 Å². The van der Waals surface area contributed by atoms with Crippen molar-refractivity contribution in [3.05, 3.63) is 0 Å². The molecule has 1 amide bonds. The van der Waals surface area contributed by atoms with Crippen molar-refractivity contribution in [1.82, 2.24) is 4.90 Å². The SMILES string of the molecule is CCCCCCC(=O)C1CCN(C(=O)OC(C)(C)C)C1. The Morgan fingerprint density at radius 3 is 2.50 bits per heavy atom. The number of carbonyl (C=O) groups is 2. The lowest BCUT2D eigenvalue weighted by atomic mass is 9.98. The van der Waals surface area contributed by atoms with Crippen LogP contribution in [0.2, 0.25) is 0 Å². The standard InChI is InChI=1S/C16H29NO3/c1-5-6-7-8-9-14(18)13-10-11-17(12-13)15(19)20-16(2,3)4/h13H,5-12H2,1-4H3. The van der Waals surface area contributed by atoms with Crippen molar-refractivity contribution >= 4 is 11.9 Å². The van der Waals surface area contributed by atoms with Crippen LogP contribution >= 0.6 is 0 Å². The molecule has 1 aliphatic heterocycles. The monoisotopic (exact) mass is 283 g/mol. The molecular formula is C16H29NO3. The van der Waals surface area contributed by atoms with Gasteiger partial charge in [-0.25, -0.2) is 4.79 Å². The fourth-order valence-corrected chi connectivity index (χ4v) is 2.45. The summed E-state index contributed by atoms with van der Waals surface area (Å²) in [7, 11) is 0. The molecule has 116 valence electrons. The van der Waals surface area contributed by atoms with E-state index < -0.39 is 5.60 Å². The van der Waals surface area contributed by atoms with E-state index in [9.17, 15) is 9.59 Å². The normalized spacial score (nSPS) is 19.2. The number of hydrogen-bond donors (Lipinski definition) is 0. The molecule has 4 heteroatoms. The molecule has 0 N–H and O–H groups in total. The number of unbranched alkanes of at least 4 members (excludes halogenated alkanes) is 3. The predicted molar refractivity (Wildman–Crippen MR) is 79.7 cm³/mol. The first-order valence-corrected chi connectivity index (χ1v) is 7.84. The molecule has 0 aromatic rings. The molecule has 20 heavy (non-hydrogen) atoms. The van der Waals surface area contributed by atoms with E-state index in [0.29, 0.717) is 25.3 Å². The van der Waals surface area contributed by atoms with Crippen LogP contribution in [-0.4, -0.2) is 35.5 Å². The Morgan fingerprint density at radius 1 is 1.20 bits per heavy atom. The van der Waals surface area contributed by atoms with Crippen LogP contribution in [0.5, 0.6) is 0 Å². The van der Waals surface area contributed by atoms with Crippen molar-refractivity contribution in [3.8, 4) is 0 Å². The fourth-order valence-electron chi connectivity index (χ4n) is 2.45. The summed E-state index contributed by atoms with van der Waals surface area (Å²) in [5.74, 6) is 0.330. The van der Waals surface area contributed by atoms with Gasteiger partial charge in [-0.15, -0.1) is 0 Å². The molecule has 0 radical (unpaired) electrons. The summed E-state index contributed by atoms with van der Waals surface area (Å²) in [5.41, 5.74) is -0.473. The van der Waals surface area contributed by atoms with E-state index in [-0.39, 0.29) is 12.0 Å². The van der Waals surface area contributed by atoms with Crippen molar-refractivity contribution in [2.45, 2.75) is 71.8 Å². The number of Topliss-reactive ketones (excluding diaryl/α,β-unsaturated/α-hetero) is 1. The maximum atomic E-state index is 12.1. The first-order valence-electron chi connectivity index (χ1n) is 7.84. The third-order valence-corrected chi connectivity index (χ3v) is 3.57. The topological polar surface area (TPSA) is 46.6 Å². The molecule has 0 aromatic carbocycles. The average Bonchev–Trinajstić information content (AvgIpc) is 2.82. The van der Waals surface area contributed by atoms with Crippen LogP contribution < -0.4 is 0 Å². The number of hydrogen-bond acceptors (Lipinski definition) is 3. The Hall–Kier alpha value is -1.06. The first-order chi connectivity index (χ1) is 9.33. The van der Waals surface area contributed by atoms with E-state index in [1.54, 1.807) is 4.90 Å². The quantitative estimate of drug-likeness (QED) is 0.697. The number of ketones is 1. The predicted octanol–water partition coefficient (Wildman–Crippen LogP) is 3.78. The highest BCUT2D eigenvalue weighted by molar-refractivity contribution is 5.82. The van der Waals surface area contributed by atoms with Crippen molar-refractivity contribution in [1.29, 1.82) is 0 Å². The minimum absolute atomic E-state index is 0.0177. The molecule has 1 aliphatic rings. The van der Waals surface area contributed by atoms with Gasteiger partial charge in [0, 0.05) is 25.4 Å². The molecule has 0 saturated carbocycles. The van der Waals surface area contributed by atoms with Gasteiger partial charge in [0.15, 0.2) is 0 Å². The Kier molecular flexibility index (Phi) is 6.50. The van der Waals surface area contributed by atoms with Gasteiger partial charge < -0.3 is 9.64 Å². The second-order valence-electron chi connectivity index (χ2n) is 6.69. The molecule has 1 unspecified atom stereocenters. The van der Waals surface area contributed by atoms with Crippen molar-refractivity contribution in [3.63, 3.8) is 0 Å². The van der Waals surface area contributed by atoms with E-state index in [1.807, 2.05) is 20.8 Å². The van der Waals surface area contributed by atoms with Crippen LogP contribution in [-0.2, 0) is 9.53 Å². The summed E-state index contributed by atoms with van der Waals surface area (Å²) < 4.78 is 5.34. The fraction of sp³-hybridized carbons (Fsp3) is 0.875. The smallest absolute Gasteiger partial charge is 0.410 e. The van der Waals surface area contributed by atoms with Gasteiger partial charge in [0.05, 0.1) is 0 Å². The van der Waals surface area contributed by atoms with Crippen LogP contribution in [0.4, 0.5) is 4.79 Å². The largest absolute Gasteiger partial charge is 0.444 e. The molecule has 1 atom stereocenters. The van der Waals surface area contributed by atoms with Crippen molar-refractivity contribution < 1.29 is 14.3 Å². The van der Waals surface area contributed by atoms with Crippen molar-refractivity contribution in [2.75, 3.05) is 13.1 Å². The molecule has 4 nitrogen and oxygen atoms in total. The Bertz CT molecular complexity index is 333. The molecule has 1 fully saturated rings. The number of nitrogens with zero attached hydrogens (tertiary/aromatic N) is 1. The lowest BCUT2D eigenvalue weighted by Crippen LogP contribution is -2.35. The molecule has 0 bridgehead atoms. The minimum atomic E-state index is -0.473. The summed E-state index contributed by atoms with van der Waals surface area (Å²) in [4.78, 5) is 25.7. The third-order valence-electron chi connectivity index (χ3n) is 3.57. The van der Waals surface area contributed by atoms with Gasteiger partial charge in [-0.1, -0.05) is 26.2 Å². The second kappa shape index (κ2) is 7.65. The zero-order valence-electron chi connectivity index (χ0n) is 13.4. The lowest BCUT2D eigenvalue weighted by molar-refractivity contribution is -0.122. The van der Waals surface area contributed by atoms with Crippen LogP contribution in [0.1, 0.15) is 66.2 Å². The van der Waals surface area contributed by atoms with E-state index in [1.165, 1.54) is 12.8 Å². The summed E-state index contributed by atoms with van der Waals surface area (Å²) in [6, 6.07) is 0. The average molecular weight is 283 g/mol. The van der Waals surface area contributed by atoms with Gasteiger partial charge in [0.1, 0.15) is 11.4 Å². The van der Waals surface area contributed by atoms with Crippen LogP contribution in [0, 0.1) is 5.92 Å². The molecule has 1 rings (SSSR count).